The maximum Gasteiger partial charge on any atom is 0.244 e. The molecule has 0 rings (SSSR count). The summed E-state index contributed by atoms with van der Waals surface area (Å²) in [5, 5.41) is 24.2. The Morgan fingerprint density at radius 1 is 0.450 bits per heavy atom. The molecule has 0 aromatic carbocycles. The lowest BCUT2D eigenvalue weighted by Gasteiger charge is -2.23. The van der Waals surface area contributed by atoms with Crippen molar-refractivity contribution in [2.24, 2.45) is 11.5 Å². The predicted molar refractivity (Wildman–Crippen MR) is 253 cm³/mol. The van der Waals surface area contributed by atoms with Gasteiger partial charge in [0.25, 0.3) is 0 Å². The van der Waals surface area contributed by atoms with Gasteiger partial charge in [0.05, 0.1) is 12.2 Å². The van der Waals surface area contributed by atoms with Gasteiger partial charge in [0.2, 0.25) is 11.8 Å². The number of unbranched alkanes of at least 4 members (excludes halogenated alkanes) is 23. The summed E-state index contributed by atoms with van der Waals surface area (Å²) >= 11 is 0. The number of rotatable bonds is 49. The molecule has 7 N–H and O–H groups in total. The van der Waals surface area contributed by atoms with E-state index in [4.69, 9.17) is 20.9 Å². The van der Waals surface area contributed by atoms with Gasteiger partial charge in [0.1, 0.15) is 0 Å². The van der Waals surface area contributed by atoms with Crippen molar-refractivity contribution in [2.45, 2.75) is 283 Å². The number of carbonyl (C=O) groups excluding carboxylic acids is 2. The minimum Gasteiger partial charge on any atom is -0.368 e. The molecule has 358 valence electrons. The molecule has 0 aliphatic rings. The quantitative estimate of drug-likeness (QED) is 0.0230. The fourth-order valence-corrected chi connectivity index (χ4v) is 8.28. The maximum absolute atomic E-state index is 11.6. The number of hydrogen-bond donors (Lipinski definition) is 5. The highest BCUT2D eigenvalue weighted by atomic mass is 16.6. The zero-order valence-electron chi connectivity index (χ0n) is 40.1. The van der Waals surface area contributed by atoms with Crippen molar-refractivity contribution < 1.29 is 29.3 Å². The number of nitrogens with one attached hydrogen (secondary N) is 1. The van der Waals surface area contributed by atoms with E-state index in [1.54, 1.807) is 0 Å². The third-order valence-corrected chi connectivity index (χ3v) is 12.2. The molecule has 0 aromatic heterocycles. The molecule has 0 radical (unpaired) electrons. The van der Waals surface area contributed by atoms with Crippen LogP contribution in [0.1, 0.15) is 252 Å². The molecular weight excluding hydrogens is 753 g/mol. The molecule has 2 amide bonds. The number of primary amides is 2. The average Bonchev–Trinajstić information content (AvgIpc) is 3.22. The van der Waals surface area contributed by atoms with Gasteiger partial charge < -0.3 is 36.1 Å². The summed E-state index contributed by atoms with van der Waals surface area (Å²) in [6, 6.07) is -1.13. The zero-order chi connectivity index (χ0) is 44.3. The summed E-state index contributed by atoms with van der Waals surface area (Å²) in [6.45, 7) is 12.3. The molecule has 60 heavy (non-hydrogen) atoms. The summed E-state index contributed by atoms with van der Waals surface area (Å²) < 4.78 is 12.2. The van der Waals surface area contributed by atoms with Gasteiger partial charge in [-0.15, -0.1) is 0 Å². The summed E-state index contributed by atoms with van der Waals surface area (Å²) in [5.74, 6) is -1.48. The van der Waals surface area contributed by atoms with Gasteiger partial charge in [-0.3, -0.25) is 14.9 Å². The van der Waals surface area contributed by atoms with Crippen LogP contribution in [-0.2, 0) is 19.1 Å². The van der Waals surface area contributed by atoms with E-state index in [0.29, 0.717) is 19.4 Å². The second-order valence-electron chi connectivity index (χ2n) is 18.0. The van der Waals surface area contributed by atoms with Crippen LogP contribution in [-0.4, -0.2) is 83.9 Å². The third-order valence-electron chi connectivity index (χ3n) is 12.2. The molecule has 3 atom stereocenters. The number of ether oxygens (including phenoxy) is 2. The van der Waals surface area contributed by atoms with Gasteiger partial charge >= 0.3 is 0 Å². The van der Waals surface area contributed by atoms with E-state index in [1.165, 1.54) is 116 Å². The zero-order valence-corrected chi connectivity index (χ0v) is 40.1. The number of carbonyl (C=O) groups is 2. The molecule has 0 aliphatic heterocycles. The van der Waals surface area contributed by atoms with Crippen LogP contribution in [0.2, 0.25) is 0 Å². The standard InChI is InChI=1S/C50H102N4O6/c1-5-9-12-15-20-27-35-44(8-4)59-46(55)38-30-23-18-25-32-41-54(43-34-40-53-48(49(51)57)50(52)58)42-33-26-19-24-31-39-47(56)60-45(36-28-21-16-13-10-6-2)37-29-22-17-14-11-7-3/h44-48,53,55-56H,5-43H2,1-4H3,(H2,51,57)(H2,52,58). The highest BCUT2D eigenvalue weighted by molar-refractivity contribution is 6.02. The number of nitrogens with two attached hydrogens (primary N) is 2. The van der Waals surface area contributed by atoms with Crippen LogP contribution in [0, 0.1) is 0 Å². The van der Waals surface area contributed by atoms with E-state index < -0.39 is 30.4 Å². The fraction of sp³-hybridized carbons (Fsp3) is 0.960. The van der Waals surface area contributed by atoms with E-state index in [-0.39, 0.29) is 12.2 Å². The molecule has 0 heterocycles. The predicted octanol–water partition coefficient (Wildman–Crippen LogP) is 11.4. The Kier molecular flexibility index (Phi) is 43.4. The Bertz CT molecular complexity index is 899. The molecule has 3 unspecified atom stereocenters. The minimum atomic E-state index is -1.13. The van der Waals surface area contributed by atoms with E-state index >= 15 is 0 Å². The number of hydrogen-bond acceptors (Lipinski definition) is 8. The van der Waals surface area contributed by atoms with Crippen LogP contribution in [0.15, 0.2) is 0 Å². The summed E-state index contributed by atoms with van der Waals surface area (Å²) in [4.78, 5) is 25.7. The first-order valence-corrected chi connectivity index (χ1v) is 25.9. The molecule has 0 saturated heterocycles. The fourth-order valence-electron chi connectivity index (χ4n) is 8.28. The molecule has 0 spiro atoms. The van der Waals surface area contributed by atoms with Crippen molar-refractivity contribution >= 4 is 11.8 Å². The third kappa shape index (κ3) is 38.4. The Labute approximate surface area is 371 Å². The van der Waals surface area contributed by atoms with Gasteiger partial charge in [-0.1, -0.05) is 182 Å². The molecule has 0 aliphatic carbocycles. The molecule has 0 saturated carbocycles. The molecule has 10 heteroatoms. The van der Waals surface area contributed by atoms with E-state index in [1.807, 2.05) is 0 Å². The van der Waals surface area contributed by atoms with Gasteiger partial charge in [-0.25, -0.2) is 0 Å². The SMILES string of the molecule is CCCCCCCCC(CC)OC(O)CCCCCCCN(CCCCCCCC(O)OC(CCCCCCCC)CCCCCCCC)CCCNC(C(N)=O)C(N)=O. The Hall–Kier alpha value is -1.30. The highest BCUT2D eigenvalue weighted by Gasteiger charge is 2.20. The monoisotopic (exact) mass is 855 g/mol. The first-order chi connectivity index (χ1) is 29.2. The number of amides is 2. The van der Waals surface area contributed by atoms with Gasteiger partial charge in [-0.05, 0) is 96.8 Å². The average molecular weight is 855 g/mol. The van der Waals surface area contributed by atoms with E-state index in [0.717, 1.165) is 116 Å². The maximum atomic E-state index is 11.6. The summed E-state index contributed by atoms with van der Waals surface area (Å²) in [7, 11) is 0. The lowest BCUT2D eigenvalue weighted by Crippen LogP contribution is -2.50. The normalized spacial score (nSPS) is 13.5. The lowest BCUT2D eigenvalue weighted by molar-refractivity contribution is -0.144. The van der Waals surface area contributed by atoms with Crippen LogP contribution in [0.25, 0.3) is 0 Å². The molecule has 10 nitrogen and oxygen atoms in total. The van der Waals surface area contributed by atoms with Crippen LogP contribution in [0.4, 0.5) is 0 Å². The van der Waals surface area contributed by atoms with Crippen molar-refractivity contribution in [3.05, 3.63) is 0 Å². The minimum absolute atomic E-state index is 0.161. The van der Waals surface area contributed by atoms with E-state index in [9.17, 15) is 19.8 Å². The van der Waals surface area contributed by atoms with Crippen molar-refractivity contribution in [1.29, 1.82) is 0 Å². The van der Waals surface area contributed by atoms with E-state index in [2.05, 4.69) is 37.9 Å². The Balaban J connectivity index is 4.58. The van der Waals surface area contributed by atoms with Crippen LogP contribution >= 0.6 is 0 Å². The Morgan fingerprint density at radius 2 is 0.767 bits per heavy atom. The molecular formula is C50H102N4O6. The highest BCUT2D eigenvalue weighted by Crippen LogP contribution is 2.20. The van der Waals surface area contributed by atoms with Crippen LogP contribution < -0.4 is 16.8 Å². The smallest absolute Gasteiger partial charge is 0.244 e. The second-order valence-corrected chi connectivity index (χ2v) is 18.0. The van der Waals surface area contributed by atoms with Gasteiger partial charge in [0, 0.05) is 0 Å². The van der Waals surface area contributed by atoms with Gasteiger partial charge in [-0.2, -0.15) is 0 Å². The van der Waals surface area contributed by atoms with Gasteiger partial charge in [0.15, 0.2) is 18.6 Å². The summed E-state index contributed by atoms with van der Waals surface area (Å²) in [6.07, 6.45) is 39.5. The number of aliphatic hydroxyl groups is 2. The van der Waals surface area contributed by atoms with Crippen molar-refractivity contribution in [3.63, 3.8) is 0 Å². The summed E-state index contributed by atoms with van der Waals surface area (Å²) in [5.41, 5.74) is 10.7. The lowest BCUT2D eigenvalue weighted by atomic mass is 10.0. The molecule has 0 fully saturated rings. The van der Waals surface area contributed by atoms with Crippen molar-refractivity contribution in [2.75, 3.05) is 26.2 Å². The topological polar surface area (TPSA) is 160 Å². The molecule has 0 bridgehead atoms. The van der Waals surface area contributed by atoms with Crippen LogP contribution in [0.5, 0.6) is 0 Å². The largest absolute Gasteiger partial charge is 0.368 e. The number of nitrogens with zero attached hydrogens (tertiary/aromatic N) is 1. The first kappa shape index (κ1) is 58.7. The molecule has 0 aromatic rings. The van der Waals surface area contributed by atoms with Crippen LogP contribution in [0.3, 0.4) is 0 Å². The van der Waals surface area contributed by atoms with Crippen molar-refractivity contribution in [3.8, 4) is 0 Å². The first-order valence-electron chi connectivity index (χ1n) is 25.9. The second kappa shape index (κ2) is 44.3. The number of aliphatic hydroxyl groups excluding tert-OH is 2. The Morgan fingerprint density at radius 3 is 1.15 bits per heavy atom. The van der Waals surface area contributed by atoms with Crippen molar-refractivity contribution in [1.82, 2.24) is 10.2 Å².